The number of hydrogen-bond acceptors (Lipinski definition) is 4. The molecule has 1 amide bonds. The Hall–Kier alpha value is -1.14. The number of hydrogen-bond donors (Lipinski definition) is 3. The van der Waals surface area contributed by atoms with Crippen molar-refractivity contribution >= 4 is 11.9 Å². The van der Waals surface area contributed by atoms with E-state index in [1.807, 2.05) is 27.7 Å². The summed E-state index contributed by atoms with van der Waals surface area (Å²) in [5, 5.41) is 11.8. The molecule has 1 saturated carbocycles. The molecule has 0 radical (unpaired) electrons. The second kappa shape index (κ2) is 6.75. The van der Waals surface area contributed by atoms with Gasteiger partial charge in [-0.25, -0.2) is 4.79 Å². The average molecular weight is 300 g/mol. The maximum absolute atomic E-state index is 12.4. The third-order valence-electron chi connectivity index (χ3n) is 4.68. The minimum absolute atomic E-state index is 0.0721. The third-order valence-corrected chi connectivity index (χ3v) is 4.68. The number of unbranched alkanes of at least 4 members (excludes halogenated alkanes) is 1. The lowest BCUT2D eigenvalue weighted by atomic mass is 9.54. The number of amides is 1. The lowest BCUT2D eigenvalue weighted by molar-refractivity contribution is -0.172. The predicted octanol–water partition coefficient (Wildman–Crippen LogP) is 1.28. The van der Waals surface area contributed by atoms with Crippen LogP contribution in [0.15, 0.2) is 0 Å². The quantitative estimate of drug-likeness (QED) is 0.627. The van der Waals surface area contributed by atoms with Crippen molar-refractivity contribution in [3.63, 3.8) is 0 Å². The van der Waals surface area contributed by atoms with E-state index in [1.54, 1.807) is 0 Å². The number of rotatable bonds is 8. The summed E-state index contributed by atoms with van der Waals surface area (Å²) in [4.78, 5) is 23.7. The summed E-state index contributed by atoms with van der Waals surface area (Å²) in [5.41, 5.74) is 4.65. The van der Waals surface area contributed by atoms with Gasteiger partial charge in [-0.1, -0.05) is 33.6 Å². The number of carboxylic acids is 1. The van der Waals surface area contributed by atoms with Gasteiger partial charge in [-0.15, -0.1) is 0 Å². The van der Waals surface area contributed by atoms with Crippen molar-refractivity contribution in [1.82, 2.24) is 5.32 Å². The van der Waals surface area contributed by atoms with Crippen molar-refractivity contribution < 1.29 is 19.4 Å². The molecule has 1 aliphatic rings. The van der Waals surface area contributed by atoms with E-state index in [0.717, 1.165) is 12.8 Å². The predicted molar refractivity (Wildman–Crippen MR) is 79.8 cm³/mol. The SMILES string of the molecule is CCCCC(NC(=O)C1(N)CC(OCC)C1(C)C)C(=O)O. The standard InChI is InChI=1S/C15H28N2O4/c1-5-7-8-10(12(18)19)17-13(20)15(16)9-11(21-6-2)14(15,3)4/h10-11H,5-9,16H2,1-4H3,(H,17,20)(H,18,19). The van der Waals surface area contributed by atoms with E-state index in [9.17, 15) is 14.7 Å². The molecule has 0 heterocycles. The van der Waals surface area contributed by atoms with Crippen LogP contribution in [0.25, 0.3) is 0 Å². The summed E-state index contributed by atoms with van der Waals surface area (Å²) < 4.78 is 5.58. The van der Waals surface area contributed by atoms with E-state index in [1.165, 1.54) is 0 Å². The molecule has 0 bridgehead atoms. The van der Waals surface area contributed by atoms with Crippen LogP contribution in [-0.4, -0.2) is 41.3 Å². The molecule has 0 saturated heterocycles. The highest BCUT2D eigenvalue weighted by Crippen LogP contribution is 2.49. The minimum atomic E-state index is -1.08. The number of carbonyl (C=O) groups is 2. The molecule has 1 rings (SSSR count). The molecule has 3 atom stereocenters. The van der Waals surface area contributed by atoms with Crippen molar-refractivity contribution in [3.8, 4) is 0 Å². The zero-order chi connectivity index (χ0) is 16.3. The normalized spacial score (nSPS) is 28.5. The number of nitrogens with two attached hydrogens (primary N) is 1. The second-order valence-corrected chi connectivity index (χ2v) is 6.35. The van der Waals surface area contributed by atoms with Gasteiger partial charge in [-0.05, 0) is 13.3 Å². The first-order valence-corrected chi connectivity index (χ1v) is 7.65. The van der Waals surface area contributed by atoms with Gasteiger partial charge in [0.1, 0.15) is 11.6 Å². The van der Waals surface area contributed by atoms with Crippen LogP contribution in [0, 0.1) is 5.41 Å². The van der Waals surface area contributed by atoms with Crippen molar-refractivity contribution in [2.45, 2.75) is 71.1 Å². The number of carbonyl (C=O) groups excluding carboxylic acids is 1. The number of nitrogens with one attached hydrogen (secondary N) is 1. The number of aliphatic carboxylic acids is 1. The van der Waals surface area contributed by atoms with E-state index in [-0.39, 0.29) is 6.10 Å². The van der Waals surface area contributed by atoms with Gasteiger partial charge in [0.25, 0.3) is 0 Å². The van der Waals surface area contributed by atoms with Crippen LogP contribution in [0.1, 0.15) is 53.4 Å². The fraction of sp³-hybridized carbons (Fsp3) is 0.867. The lowest BCUT2D eigenvalue weighted by Gasteiger charge is -2.57. The Morgan fingerprint density at radius 1 is 1.43 bits per heavy atom. The zero-order valence-corrected chi connectivity index (χ0v) is 13.4. The summed E-state index contributed by atoms with van der Waals surface area (Å²) in [6.45, 7) is 8.22. The van der Waals surface area contributed by atoms with Crippen LogP contribution < -0.4 is 11.1 Å². The Morgan fingerprint density at radius 3 is 2.48 bits per heavy atom. The fourth-order valence-electron chi connectivity index (χ4n) is 2.77. The first-order valence-electron chi connectivity index (χ1n) is 7.65. The molecule has 6 nitrogen and oxygen atoms in total. The van der Waals surface area contributed by atoms with Crippen LogP contribution in [0.3, 0.4) is 0 Å². The molecule has 6 heteroatoms. The Kier molecular flexibility index (Phi) is 5.75. The molecule has 0 aliphatic heterocycles. The largest absolute Gasteiger partial charge is 0.480 e. The molecule has 3 unspecified atom stereocenters. The zero-order valence-electron chi connectivity index (χ0n) is 13.4. The van der Waals surface area contributed by atoms with Gasteiger partial charge in [-0.3, -0.25) is 4.79 Å². The summed E-state index contributed by atoms with van der Waals surface area (Å²) in [5.74, 6) is -1.41. The van der Waals surface area contributed by atoms with Gasteiger partial charge in [0.15, 0.2) is 0 Å². The highest BCUT2D eigenvalue weighted by Gasteiger charge is 2.63. The Balaban J connectivity index is 2.72. The number of ether oxygens (including phenoxy) is 1. The fourth-order valence-corrected chi connectivity index (χ4v) is 2.77. The summed E-state index contributed by atoms with van der Waals surface area (Å²) in [7, 11) is 0. The molecule has 1 fully saturated rings. The monoisotopic (exact) mass is 300 g/mol. The summed E-state index contributed by atoms with van der Waals surface area (Å²) >= 11 is 0. The molecule has 0 aromatic heterocycles. The van der Waals surface area contributed by atoms with E-state index >= 15 is 0 Å². The van der Waals surface area contributed by atoms with Crippen LogP contribution >= 0.6 is 0 Å². The van der Waals surface area contributed by atoms with Crippen molar-refractivity contribution in [2.75, 3.05) is 6.61 Å². The van der Waals surface area contributed by atoms with Gasteiger partial charge < -0.3 is 20.9 Å². The van der Waals surface area contributed by atoms with Gasteiger partial charge in [0, 0.05) is 18.4 Å². The average Bonchev–Trinajstić information content (AvgIpc) is 2.42. The van der Waals surface area contributed by atoms with Crippen LogP contribution in [0.4, 0.5) is 0 Å². The lowest BCUT2D eigenvalue weighted by Crippen LogP contribution is -2.76. The molecule has 0 spiro atoms. The molecule has 1 aliphatic carbocycles. The summed E-state index contributed by atoms with van der Waals surface area (Å²) in [6, 6.07) is -0.875. The molecule has 122 valence electrons. The van der Waals surface area contributed by atoms with E-state index < -0.39 is 28.9 Å². The highest BCUT2D eigenvalue weighted by molar-refractivity contribution is 5.92. The first-order chi connectivity index (χ1) is 9.70. The van der Waals surface area contributed by atoms with Gasteiger partial charge in [-0.2, -0.15) is 0 Å². The van der Waals surface area contributed by atoms with Crippen molar-refractivity contribution in [1.29, 1.82) is 0 Å². The minimum Gasteiger partial charge on any atom is -0.480 e. The third kappa shape index (κ3) is 3.37. The van der Waals surface area contributed by atoms with E-state index in [0.29, 0.717) is 19.4 Å². The van der Waals surface area contributed by atoms with Crippen molar-refractivity contribution in [3.05, 3.63) is 0 Å². The maximum Gasteiger partial charge on any atom is 0.326 e. The first kappa shape index (κ1) is 17.9. The Morgan fingerprint density at radius 2 is 2.05 bits per heavy atom. The summed E-state index contributed by atoms with van der Waals surface area (Å²) in [6.07, 6.45) is 2.39. The topological polar surface area (TPSA) is 102 Å². The Labute approximate surface area is 126 Å². The highest BCUT2D eigenvalue weighted by atomic mass is 16.5. The van der Waals surface area contributed by atoms with Crippen molar-refractivity contribution in [2.24, 2.45) is 11.1 Å². The molecular weight excluding hydrogens is 272 g/mol. The van der Waals surface area contributed by atoms with Crippen LogP contribution in [-0.2, 0) is 14.3 Å². The molecule has 4 N–H and O–H groups in total. The smallest absolute Gasteiger partial charge is 0.326 e. The molecule has 0 aromatic rings. The number of carboxylic acid groups (broad SMARTS) is 1. The molecule has 0 aromatic carbocycles. The van der Waals surface area contributed by atoms with Gasteiger partial charge >= 0.3 is 5.97 Å². The van der Waals surface area contributed by atoms with Gasteiger partial charge in [0.05, 0.1) is 6.10 Å². The maximum atomic E-state index is 12.4. The van der Waals surface area contributed by atoms with E-state index in [2.05, 4.69) is 5.32 Å². The Bertz CT molecular complexity index is 397. The molecule has 21 heavy (non-hydrogen) atoms. The second-order valence-electron chi connectivity index (χ2n) is 6.35. The van der Waals surface area contributed by atoms with E-state index in [4.69, 9.17) is 10.5 Å². The van der Waals surface area contributed by atoms with Crippen LogP contribution in [0.5, 0.6) is 0 Å². The van der Waals surface area contributed by atoms with Crippen LogP contribution in [0.2, 0.25) is 0 Å². The van der Waals surface area contributed by atoms with Gasteiger partial charge in [0.2, 0.25) is 5.91 Å². The molecular formula is C15H28N2O4.